The van der Waals surface area contributed by atoms with Crippen molar-refractivity contribution >= 4 is 17.7 Å². The lowest BCUT2D eigenvalue weighted by atomic mass is 10.3. The lowest BCUT2D eigenvalue weighted by Gasteiger charge is -2.18. The van der Waals surface area contributed by atoms with Crippen LogP contribution in [0, 0.1) is 0 Å². The number of hydrogen-bond acceptors (Lipinski definition) is 5. The fraction of sp³-hybridized carbons (Fsp3) is 0.636. The van der Waals surface area contributed by atoms with E-state index in [0.717, 1.165) is 5.16 Å². The van der Waals surface area contributed by atoms with Crippen LogP contribution < -0.4 is 5.32 Å². The molecule has 0 aliphatic heterocycles. The van der Waals surface area contributed by atoms with E-state index in [1.807, 2.05) is 31.7 Å². The van der Waals surface area contributed by atoms with E-state index in [1.54, 1.807) is 6.20 Å². The Morgan fingerprint density at radius 3 is 2.82 bits per heavy atom. The summed E-state index contributed by atoms with van der Waals surface area (Å²) in [5.41, 5.74) is 0. The molecule has 0 saturated carbocycles. The van der Waals surface area contributed by atoms with Crippen LogP contribution in [0.1, 0.15) is 13.8 Å². The van der Waals surface area contributed by atoms with E-state index in [9.17, 15) is 4.79 Å². The highest BCUT2D eigenvalue weighted by atomic mass is 32.2. The van der Waals surface area contributed by atoms with Crippen LogP contribution in [0.4, 0.5) is 0 Å². The second kappa shape index (κ2) is 6.66. The average molecular weight is 257 g/mol. The number of carbonyl (C=O) groups excluding carboxylic acids is 1. The van der Waals surface area contributed by atoms with Crippen LogP contribution in [-0.2, 0) is 16.6 Å². The van der Waals surface area contributed by atoms with E-state index < -0.39 is 0 Å². The van der Waals surface area contributed by atoms with Crippen LogP contribution in [-0.4, -0.2) is 40.5 Å². The minimum absolute atomic E-state index is 0.236. The molecule has 1 atom stereocenters. The van der Waals surface area contributed by atoms with Gasteiger partial charge in [0.15, 0.2) is 5.16 Å². The van der Waals surface area contributed by atoms with Crippen molar-refractivity contribution in [3.8, 4) is 0 Å². The quantitative estimate of drug-likeness (QED) is 0.610. The van der Waals surface area contributed by atoms with Crippen LogP contribution >= 0.6 is 11.8 Å². The Kier molecular flexibility index (Phi) is 5.50. The molecule has 5 nitrogen and oxygen atoms in total. The number of ether oxygens (including phenoxy) is 1. The van der Waals surface area contributed by atoms with Crippen LogP contribution in [0.25, 0.3) is 0 Å². The highest BCUT2D eigenvalue weighted by Crippen LogP contribution is 2.16. The smallest absolute Gasteiger partial charge is 0.323 e. The molecule has 0 aliphatic carbocycles. The molecule has 0 aliphatic rings. The first kappa shape index (κ1) is 14.1. The number of aromatic nitrogens is 2. The molecule has 0 fully saturated rings. The third kappa shape index (κ3) is 4.40. The Morgan fingerprint density at radius 2 is 2.35 bits per heavy atom. The van der Waals surface area contributed by atoms with Gasteiger partial charge < -0.3 is 14.6 Å². The number of nitrogens with zero attached hydrogens (tertiary/aromatic N) is 2. The molecule has 0 amide bonds. The molecule has 0 radical (unpaired) electrons. The van der Waals surface area contributed by atoms with E-state index in [0.29, 0.717) is 5.75 Å². The van der Waals surface area contributed by atoms with Gasteiger partial charge in [-0.25, -0.2) is 4.98 Å². The molecule has 0 bridgehead atoms. The topological polar surface area (TPSA) is 56.1 Å². The molecule has 0 aromatic carbocycles. The number of aryl methyl sites for hydroxylation is 1. The van der Waals surface area contributed by atoms with E-state index in [1.165, 1.54) is 18.9 Å². The molecule has 1 unspecified atom stereocenters. The molecule has 0 spiro atoms. The van der Waals surface area contributed by atoms with Gasteiger partial charge >= 0.3 is 5.97 Å². The van der Waals surface area contributed by atoms with E-state index in [-0.39, 0.29) is 18.1 Å². The third-order valence-corrected chi connectivity index (χ3v) is 3.33. The number of nitrogens with one attached hydrogen (secondary N) is 1. The lowest BCUT2D eigenvalue weighted by Crippen LogP contribution is -2.43. The van der Waals surface area contributed by atoms with Gasteiger partial charge in [-0.3, -0.25) is 4.79 Å². The minimum atomic E-state index is -0.304. The molecule has 6 heteroatoms. The van der Waals surface area contributed by atoms with Gasteiger partial charge in [-0.2, -0.15) is 0 Å². The highest BCUT2D eigenvalue weighted by Gasteiger charge is 2.20. The Hall–Kier alpha value is -1.01. The maximum atomic E-state index is 11.6. The molecule has 1 heterocycles. The third-order valence-electron chi connectivity index (χ3n) is 2.18. The summed E-state index contributed by atoms with van der Waals surface area (Å²) in [6.45, 7) is 4.00. The van der Waals surface area contributed by atoms with Gasteiger partial charge in [-0.15, -0.1) is 0 Å². The zero-order chi connectivity index (χ0) is 12.8. The SMILES string of the molecule is COC(=O)C(CSc1nccn1C)NC(C)C. The summed E-state index contributed by atoms with van der Waals surface area (Å²) in [5, 5.41) is 4.07. The first-order valence-electron chi connectivity index (χ1n) is 5.48. The monoisotopic (exact) mass is 257 g/mol. The molecule has 1 aromatic heterocycles. The first-order valence-corrected chi connectivity index (χ1v) is 6.47. The predicted molar refractivity (Wildman–Crippen MR) is 68.0 cm³/mol. The van der Waals surface area contributed by atoms with Gasteiger partial charge in [0.1, 0.15) is 6.04 Å². The van der Waals surface area contributed by atoms with Crippen LogP contribution in [0.15, 0.2) is 17.6 Å². The number of carbonyl (C=O) groups is 1. The number of hydrogen-bond donors (Lipinski definition) is 1. The summed E-state index contributed by atoms with van der Waals surface area (Å²) in [6.07, 6.45) is 3.62. The van der Waals surface area contributed by atoms with Gasteiger partial charge in [0.2, 0.25) is 0 Å². The summed E-state index contributed by atoms with van der Waals surface area (Å²) in [5.74, 6) is 0.371. The zero-order valence-electron chi connectivity index (χ0n) is 10.6. The lowest BCUT2D eigenvalue weighted by molar-refractivity contribution is -0.142. The van der Waals surface area contributed by atoms with E-state index in [2.05, 4.69) is 10.3 Å². The van der Waals surface area contributed by atoms with Gasteiger partial charge in [0.05, 0.1) is 7.11 Å². The van der Waals surface area contributed by atoms with Crippen molar-refractivity contribution < 1.29 is 9.53 Å². The molecule has 96 valence electrons. The Morgan fingerprint density at radius 1 is 1.65 bits per heavy atom. The average Bonchev–Trinajstić information content (AvgIpc) is 2.68. The Balaban J connectivity index is 2.55. The fourth-order valence-corrected chi connectivity index (χ4v) is 2.33. The molecule has 17 heavy (non-hydrogen) atoms. The van der Waals surface area contributed by atoms with Gasteiger partial charge in [-0.1, -0.05) is 25.6 Å². The number of methoxy groups -OCH3 is 1. The van der Waals surface area contributed by atoms with E-state index in [4.69, 9.17) is 4.74 Å². The molecule has 0 saturated heterocycles. The van der Waals surface area contributed by atoms with Crippen molar-refractivity contribution in [1.82, 2.24) is 14.9 Å². The maximum absolute atomic E-state index is 11.6. The Labute approximate surface area is 106 Å². The van der Waals surface area contributed by atoms with Crippen molar-refractivity contribution in [2.45, 2.75) is 31.1 Å². The van der Waals surface area contributed by atoms with Gasteiger partial charge in [-0.05, 0) is 0 Å². The largest absolute Gasteiger partial charge is 0.468 e. The number of esters is 1. The molecule has 1 aromatic rings. The van der Waals surface area contributed by atoms with Crippen molar-refractivity contribution in [2.24, 2.45) is 7.05 Å². The first-order chi connectivity index (χ1) is 8.04. The normalized spacial score (nSPS) is 12.8. The number of thioether (sulfide) groups is 1. The second-order valence-corrected chi connectivity index (χ2v) is 5.02. The van der Waals surface area contributed by atoms with Crippen molar-refractivity contribution in [1.29, 1.82) is 0 Å². The second-order valence-electron chi connectivity index (χ2n) is 4.03. The standard InChI is InChI=1S/C11H19N3O2S/c1-8(2)13-9(10(15)16-4)7-17-11-12-5-6-14(11)3/h5-6,8-9,13H,7H2,1-4H3. The van der Waals surface area contributed by atoms with Crippen LogP contribution in [0.5, 0.6) is 0 Å². The van der Waals surface area contributed by atoms with Crippen LogP contribution in [0.3, 0.4) is 0 Å². The highest BCUT2D eigenvalue weighted by molar-refractivity contribution is 7.99. The molecular formula is C11H19N3O2S. The predicted octanol–water partition coefficient (Wildman–Crippen LogP) is 1.05. The molecular weight excluding hydrogens is 238 g/mol. The summed E-state index contributed by atoms with van der Waals surface area (Å²) >= 11 is 1.54. The van der Waals surface area contributed by atoms with Crippen molar-refractivity contribution in [2.75, 3.05) is 12.9 Å². The zero-order valence-corrected chi connectivity index (χ0v) is 11.5. The summed E-state index contributed by atoms with van der Waals surface area (Å²) in [4.78, 5) is 15.8. The minimum Gasteiger partial charge on any atom is -0.468 e. The maximum Gasteiger partial charge on any atom is 0.323 e. The number of imidazole rings is 1. The Bertz CT molecular complexity index is 365. The van der Waals surface area contributed by atoms with Gasteiger partial charge in [0.25, 0.3) is 0 Å². The fourth-order valence-electron chi connectivity index (χ4n) is 1.38. The molecule has 1 N–H and O–H groups in total. The molecule has 1 rings (SSSR count). The van der Waals surface area contributed by atoms with Crippen molar-refractivity contribution in [3.63, 3.8) is 0 Å². The number of rotatable bonds is 6. The summed E-state index contributed by atoms with van der Waals surface area (Å²) < 4.78 is 6.70. The van der Waals surface area contributed by atoms with E-state index >= 15 is 0 Å². The van der Waals surface area contributed by atoms with Crippen molar-refractivity contribution in [3.05, 3.63) is 12.4 Å². The van der Waals surface area contributed by atoms with Gasteiger partial charge in [0, 0.05) is 31.2 Å². The summed E-state index contributed by atoms with van der Waals surface area (Å²) in [7, 11) is 3.33. The van der Waals surface area contributed by atoms with Crippen LogP contribution in [0.2, 0.25) is 0 Å². The summed E-state index contributed by atoms with van der Waals surface area (Å²) in [6, 6.07) is -0.0669.